The lowest BCUT2D eigenvalue weighted by atomic mass is 10.3. The molecular formula is C17H18BrFN6OS. The molecule has 0 spiro atoms. The van der Waals surface area contributed by atoms with Gasteiger partial charge in [0.2, 0.25) is 5.91 Å². The van der Waals surface area contributed by atoms with Crippen molar-refractivity contribution in [3.8, 4) is 11.4 Å². The SMILES string of the molecule is CCn1cc(-c2nnc(SCC(=O)Nc3ccc(Br)cc3F)n2CC)cn1. The zero-order chi connectivity index (χ0) is 19.4. The van der Waals surface area contributed by atoms with Crippen LogP contribution in [0.1, 0.15) is 13.8 Å². The second kappa shape index (κ2) is 8.66. The highest BCUT2D eigenvalue weighted by Gasteiger charge is 2.16. The number of hydrogen-bond donors (Lipinski definition) is 1. The molecule has 0 fully saturated rings. The summed E-state index contributed by atoms with van der Waals surface area (Å²) in [6.45, 7) is 5.42. The predicted octanol–water partition coefficient (Wildman–Crippen LogP) is 3.81. The van der Waals surface area contributed by atoms with Crippen LogP contribution in [0.5, 0.6) is 0 Å². The van der Waals surface area contributed by atoms with Gasteiger partial charge in [0.15, 0.2) is 11.0 Å². The van der Waals surface area contributed by atoms with E-state index in [1.54, 1.807) is 12.3 Å². The topological polar surface area (TPSA) is 77.6 Å². The van der Waals surface area contributed by atoms with Crippen LogP contribution in [-0.4, -0.2) is 36.2 Å². The lowest BCUT2D eigenvalue weighted by Gasteiger charge is -2.08. The van der Waals surface area contributed by atoms with Gasteiger partial charge in [-0.3, -0.25) is 9.48 Å². The van der Waals surface area contributed by atoms with Gasteiger partial charge in [-0.2, -0.15) is 5.10 Å². The van der Waals surface area contributed by atoms with E-state index in [1.165, 1.54) is 23.9 Å². The van der Waals surface area contributed by atoms with Crippen molar-refractivity contribution in [3.05, 3.63) is 40.9 Å². The van der Waals surface area contributed by atoms with Crippen LogP contribution in [0.3, 0.4) is 0 Å². The summed E-state index contributed by atoms with van der Waals surface area (Å²) < 4.78 is 18.2. The molecule has 0 aliphatic rings. The lowest BCUT2D eigenvalue weighted by molar-refractivity contribution is -0.113. The van der Waals surface area contributed by atoms with Crippen LogP contribution in [0.25, 0.3) is 11.4 Å². The summed E-state index contributed by atoms with van der Waals surface area (Å²) in [6, 6.07) is 4.49. The molecule has 7 nitrogen and oxygen atoms in total. The smallest absolute Gasteiger partial charge is 0.234 e. The number of nitrogens with one attached hydrogen (secondary N) is 1. The average molecular weight is 453 g/mol. The first-order chi connectivity index (χ1) is 13.0. The normalized spacial score (nSPS) is 11.0. The van der Waals surface area contributed by atoms with Gasteiger partial charge in [-0.15, -0.1) is 10.2 Å². The van der Waals surface area contributed by atoms with Crippen LogP contribution in [-0.2, 0) is 17.9 Å². The summed E-state index contributed by atoms with van der Waals surface area (Å²) in [7, 11) is 0. The highest BCUT2D eigenvalue weighted by Crippen LogP contribution is 2.24. The Morgan fingerprint density at radius 1 is 1.30 bits per heavy atom. The van der Waals surface area contributed by atoms with E-state index in [2.05, 4.69) is 36.5 Å². The third kappa shape index (κ3) is 4.56. The molecule has 0 bridgehead atoms. The van der Waals surface area contributed by atoms with Gasteiger partial charge >= 0.3 is 0 Å². The second-order valence-electron chi connectivity index (χ2n) is 5.60. The Labute approximate surface area is 168 Å². The monoisotopic (exact) mass is 452 g/mol. The summed E-state index contributed by atoms with van der Waals surface area (Å²) in [6.07, 6.45) is 3.66. The molecule has 0 atom stereocenters. The number of amides is 1. The maximum atomic E-state index is 13.8. The van der Waals surface area contributed by atoms with Crippen LogP contribution in [0, 0.1) is 5.82 Å². The molecule has 0 aliphatic carbocycles. The van der Waals surface area contributed by atoms with E-state index in [0.29, 0.717) is 22.0 Å². The molecule has 1 amide bonds. The minimum Gasteiger partial charge on any atom is -0.323 e. The molecule has 10 heteroatoms. The van der Waals surface area contributed by atoms with Gasteiger partial charge in [0.25, 0.3) is 0 Å². The Bertz CT molecular complexity index is 957. The number of aryl methyl sites for hydroxylation is 1. The van der Waals surface area contributed by atoms with Gasteiger partial charge in [0, 0.05) is 23.8 Å². The van der Waals surface area contributed by atoms with E-state index in [-0.39, 0.29) is 17.3 Å². The Morgan fingerprint density at radius 3 is 2.78 bits per heavy atom. The number of hydrogen-bond acceptors (Lipinski definition) is 5. The van der Waals surface area contributed by atoms with E-state index in [9.17, 15) is 9.18 Å². The van der Waals surface area contributed by atoms with Crippen LogP contribution in [0.4, 0.5) is 10.1 Å². The van der Waals surface area contributed by atoms with Gasteiger partial charge in [0.05, 0.1) is 23.2 Å². The van der Waals surface area contributed by atoms with Crippen molar-refractivity contribution in [2.45, 2.75) is 32.1 Å². The highest BCUT2D eigenvalue weighted by atomic mass is 79.9. The Hall–Kier alpha value is -2.20. The minimum atomic E-state index is -0.491. The van der Waals surface area contributed by atoms with E-state index in [0.717, 1.165) is 12.1 Å². The third-order valence-electron chi connectivity index (χ3n) is 3.79. The molecule has 142 valence electrons. The molecule has 0 unspecified atom stereocenters. The standard InChI is InChI=1S/C17H18BrFN6OS/c1-3-24-9-11(8-20-24)16-22-23-17(25(16)4-2)27-10-15(26)21-14-6-5-12(18)7-13(14)19/h5-9H,3-4,10H2,1-2H3,(H,21,26). The number of thioether (sulfide) groups is 1. The molecule has 3 rings (SSSR count). The van der Waals surface area contributed by atoms with Crippen LogP contribution < -0.4 is 5.32 Å². The van der Waals surface area contributed by atoms with E-state index < -0.39 is 5.82 Å². The molecule has 1 N–H and O–H groups in total. The molecule has 2 heterocycles. The van der Waals surface area contributed by atoms with Crippen LogP contribution in [0.2, 0.25) is 0 Å². The zero-order valence-electron chi connectivity index (χ0n) is 14.8. The third-order valence-corrected chi connectivity index (χ3v) is 5.25. The molecule has 0 saturated heterocycles. The number of benzene rings is 1. The Kier molecular flexibility index (Phi) is 6.27. The van der Waals surface area contributed by atoms with Crippen LogP contribution in [0.15, 0.2) is 40.2 Å². The van der Waals surface area contributed by atoms with Crippen molar-refractivity contribution in [2.24, 2.45) is 0 Å². The molecule has 2 aromatic heterocycles. The maximum Gasteiger partial charge on any atom is 0.234 e. The predicted molar refractivity (Wildman–Crippen MR) is 106 cm³/mol. The first kappa shape index (κ1) is 19.6. The lowest BCUT2D eigenvalue weighted by Crippen LogP contribution is -2.15. The van der Waals surface area contributed by atoms with Gasteiger partial charge in [-0.25, -0.2) is 4.39 Å². The van der Waals surface area contributed by atoms with Crippen molar-refractivity contribution in [1.82, 2.24) is 24.5 Å². The second-order valence-corrected chi connectivity index (χ2v) is 7.45. The average Bonchev–Trinajstić information content (AvgIpc) is 3.28. The van der Waals surface area contributed by atoms with Crippen molar-refractivity contribution < 1.29 is 9.18 Å². The molecule has 3 aromatic rings. The molecule has 27 heavy (non-hydrogen) atoms. The molecule has 1 aromatic carbocycles. The summed E-state index contributed by atoms with van der Waals surface area (Å²) in [5, 5.41) is 15.9. The van der Waals surface area contributed by atoms with Crippen LogP contribution >= 0.6 is 27.7 Å². The summed E-state index contributed by atoms with van der Waals surface area (Å²) in [5.41, 5.74) is 1.02. The fourth-order valence-electron chi connectivity index (χ4n) is 2.45. The van der Waals surface area contributed by atoms with Gasteiger partial charge in [-0.1, -0.05) is 27.7 Å². The summed E-state index contributed by atoms with van der Waals surface area (Å²) >= 11 is 4.44. The quantitative estimate of drug-likeness (QED) is 0.551. The Morgan fingerprint density at radius 2 is 2.11 bits per heavy atom. The summed E-state index contributed by atoms with van der Waals surface area (Å²) in [4.78, 5) is 12.2. The van der Waals surface area contributed by atoms with Gasteiger partial charge < -0.3 is 9.88 Å². The zero-order valence-corrected chi connectivity index (χ0v) is 17.2. The Balaban J connectivity index is 1.68. The number of rotatable bonds is 7. The molecule has 0 radical (unpaired) electrons. The number of aromatic nitrogens is 5. The summed E-state index contributed by atoms with van der Waals surface area (Å²) in [5.74, 6) is 0.00274. The van der Waals surface area contributed by atoms with Crippen molar-refractivity contribution >= 4 is 39.3 Å². The largest absolute Gasteiger partial charge is 0.323 e. The first-order valence-corrected chi connectivity index (χ1v) is 10.1. The van der Waals surface area contributed by atoms with E-state index in [1.807, 2.05) is 29.3 Å². The first-order valence-electron chi connectivity index (χ1n) is 8.35. The number of carbonyl (C=O) groups excluding carboxylic acids is 1. The van der Waals surface area contributed by atoms with Gasteiger partial charge in [0.1, 0.15) is 5.82 Å². The fraction of sp³-hybridized carbons (Fsp3) is 0.294. The van der Waals surface area contributed by atoms with Gasteiger partial charge in [-0.05, 0) is 32.0 Å². The van der Waals surface area contributed by atoms with Crippen molar-refractivity contribution in [2.75, 3.05) is 11.1 Å². The molecular weight excluding hydrogens is 435 g/mol. The highest BCUT2D eigenvalue weighted by molar-refractivity contribution is 9.10. The molecule has 0 saturated carbocycles. The van der Waals surface area contributed by atoms with Crippen molar-refractivity contribution in [3.63, 3.8) is 0 Å². The maximum absolute atomic E-state index is 13.8. The number of carbonyl (C=O) groups is 1. The van der Waals surface area contributed by atoms with Crippen molar-refractivity contribution in [1.29, 1.82) is 0 Å². The van der Waals surface area contributed by atoms with E-state index in [4.69, 9.17) is 0 Å². The minimum absolute atomic E-state index is 0.0991. The number of anilines is 1. The number of nitrogens with zero attached hydrogens (tertiary/aromatic N) is 5. The molecule has 0 aliphatic heterocycles. The fourth-order valence-corrected chi connectivity index (χ4v) is 3.59. The number of halogens is 2. The van der Waals surface area contributed by atoms with E-state index >= 15 is 0 Å².